The molecule has 0 aliphatic heterocycles. The quantitative estimate of drug-likeness (QED) is 0.360. The van der Waals surface area contributed by atoms with E-state index in [0.29, 0.717) is 16.5 Å². The number of esters is 1. The zero-order chi connectivity index (χ0) is 20.1. The molecule has 10 heteroatoms. The highest BCUT2D eigenvalue weighted by Gasteiger charge is 2.14. The van der Waals surface area contributed by atoms with Crippen LogP contribution in [0.25, 0.3) is 0 Å². The predicted octanol–water partition coefficient (Wildman–Crippen LogP) is 2.09. The number of aromatic nitrogens is 5. The van der Waals surface area contributed by atoms with Crippen molar-refractivity contribution in [1.82, 2.24) is 24.9 Å². The zero-order valence-electron chi connectivity index (χ0n) is 15.4. The van der Waals surface area contributed by atoms with Crippen molar-refractivity contribution in [2.24, 2.45) is 0 Å². The van der Waals surface area contributed by atoms with Gasteiger partial charge in [0, 0.05) is 17.1 Å². The molecule has 0 atom stereocenters. The zero-order valence-corrected chi connectivity index (χ0v) is 16.2. The predicted molar refractivity (Wildman–Crippen MR) is 105 cm³/mol. The Balaban J connectivity index is 1.69. The van der Waals surface area contributed by atoms with Gasteiger partial charge in [0.05, 0.1) is 5.56 Å². The van der Waals surface area contributed by atoms with Gasteiger partial charge in [0.2, 0.25) is 11.9 Å². The molecule has 28 heavy (non-hydrogen) atoms. The highest BCUT2D eigenvalue weighted by molar-refractivity contribution is 7.98. The summed E-state index contributed by atoms with van der Waals surface area (Å²) in [6.07, 6.45) is 0. The lowest BCUT2D eigenvalue weighted by molar-refractivity contribution is 0.0461. The number of nitrogens with two attached hydrogens (primary N) is 2. The second-order valence-electron chi connectivity index (χ2n) is 5.92. The molecule has 3 rings (SSSR count). The Morgan fingerprint density at radius 1 is 1.00 bits per heavy atom. The molecule has 0 unspecified atom stereocenters. The normalized spacial score (nSPS) is 10.6. The highest BCUT2D eigenvalue weighted by Crippen LogP contribution is 2.23. The number of ether oxygens (including phenoxy) is 1. The second-order valence-corrected chi connectivity index (χ2v) is 6.87. The van der Waals surface area contributed by atoms with Crippen molar-refractivity contribution in [2.75, 3.05) is 11.5 Å². The first-order chi connectivity index (χ1) is 13.4. The first kappa shape index (κ1) is 19.5. The van der Waals surface area contributed by atoms with E-state index in [0.717, 1.165) is 17.0 Å². The molecule has 144 valence electrons. The van der Waals surface area contributed by atoms with E-state index in [1.165, 1.54) is 11.8 Å². The van der Waals surface area contributed by atoms with E-state index >= 15 is 0 Å². The summed E-state index contributed by atoms with van der Waals surface area (Å²) >= 11 is 1.46. The van der Waals surface area contributed by atoms with Gasteiger partial charge < -0.3 is 16.2 Å². The van der Waals surface area contributed by atoms with Crippen molar-refractivity contribution in [3.05, 3.63) is 58.7 Å². The number of carbonyl (C=O) groups is 1. The fourth-order valence-electron chi connectivity index (χ4n) is 2.47. The molecule has 0 saturated heterocycles. The van der Waals surface area contributed by atoms with Crippen LogP contribution < -0.4 is 11.5 Å². The minimum atomic E-state index is -0.491. The Bertz CT molecular complexity index is 972. The summed E-state index contributed by atoms with van der Waals surface area (Å²) < 4.78 is 5.31. The fraction of sp³-hybridized carbons (Fsp3) is 0.222. The Hall–Kier alpha value is -3.27. The summed E-state index contributed by atoms with van der Waals surface area (Å²) in [7, 11) is 0. The topological polar surface area (TPSA) is 143 Å². The molecule has 0 spiro atoms. The van der Waals surface area contributed by atoms with Crippen LogP contribution in [0.15, 0.2) is 35.5 Å². The van der Waals surface area contributed by atoms with Gasteiger partial charge in [0.25, 0.3) is 0 Å². The Kier molecular flexibility index (Phi) is 5.99. The number of hydrogen-bond donors (Lipinski definition) is 2. The number of thioether (sulfide) groups is 1. The lowest BCUT2D eigenvalue weighted by Gasteiger charge is -2.09. The van der Waals surface area contributed by atoms with Gasteiger partial charge in [0.1, 0.15) is 0 Å². The monoisotopic (exact) mass is 397 g/mol. The average molecular weight is 397 g/mol. The summed E-state index contributed by atoms with van der Waals surface area (Å²) in [6.45, 7) is 3.69. The SMILES string of the molecule is Cc1cc(C)nc(SCc2ccccc2C(=O)OCc2nc(N)nc(N)n2)n1. The Morgan fingerprint density at radius 2 is 1.64 bits per heavy atom. The van der Waals surface area contributed by atoms with Gasteiger partial charge >= 0.3 is 5.97 Å². The number of nitrogen functional groups attached to an aromatic ring is 2. The maximum absolute atomic E-state index is 12.5. The number of anilines is 2. The minimum absolute atomic E-state index is 0.0243. The largest absolute Gasteiger partial charge is 0.454 e. The molecule has 9 nitrogen and oxygen atoms in total. The van der Waals surface area contributed by atoms with E-state index in [4.69, 9.17) is 16.2 Å². The minimum Gasteiger partial charge on any atom is -0.454 e. The number of rotatable bonds is 6. The van der Waals surface area contributed by atoms with Crippen LogP contribution >= 0.6 is 11.8 Å². The summed E-state index contributed by atoms with van der Waals surface area (Å²) in [4.78, 5) is 32.8. The van der Waals surface area contributed by atoms with Crippen molar-refractivity contribution < 1.29 is 9.53 Å². The molecule has 0 radical (unpaired) electrons. The molecular formula is C18H19N7O2S. The van der Waals surface area contributed by atoms with Crippen molar-refractivity contribution in [3.63, 3.8) is 0 Å². The molecule has 0 aliphatic carbocycles. The van der Waals surface area contributed by atoms with Gasteiger partial charge in [-0.15, -0.1) is 0 Å². The van der Waals surface area contributed by atoms with Crippen molar-refractivity contribution in [1.29, 1.82) is 0 Å². The molecule has 2 aromatic heterocycles. The molecule has 0 fully saturated rings. The van der Waals surface area contributed by atoms with Crippen LogP contribution in [0.4, 0.5) is 11.9 Å². The molecule has 3 aromatic rings. The molecule has 4 N–H and O–H groups in total. The van der Waals surface area contributed by atoms with Crippen LogP contribution in [0.5, 0.6) is 0 Å². The van der Waals surface area contributed by atoms with Gasteiger partial charge in [-0.3, -0.25) is 0 Å². The van der Waals surface area contributed by atoms with Crippen molar-refractivity contribution >= 4 is 29.6 Å². The molecule has 0 bridgehead atoms. The van der Waals surface area contributed by atoms with E-state index in [1.807, 2.05) is 32.0 Å². The number of benzene rings is 1. The third kappa shape index (κ3) is 5.13. The Labute approximate surface area is 166 Å². The van der Waals surface area contributed by atoms with E-state index in [-0.39, 0.29) is 24.3 Å². The van der Waals surface area contributed by atoms with E-state index < -0.39 is 5.97 Å². The second kappa shape index (κ2) is 8.61. The smallest absolute Gasteiger partial charge is 0.338 e. The first-order valence-electron chi connectivity index (χ1n) is 8.36. The van der Waals surface area contributed by atoms with Gasteiger partial charge in [-0.05, 0) is 31.5 Å². The van der Waals surface area contributed by atoms with Crippen LogP contribution in [0.2, 0.25) is 0 Å². The van der Waals surface area contributed by atoms with Gasteiger partial charge in [-0.1, -0.05) is 30.0 Å². The number of hydrogen-bond acceptors (Lipinski definition) is 10. The van der Waals surface area contributed by atoms with Crippen molar-refractivity contribution in [3.8, 4) is 0 Å². The number of carbonyl (C=O) groups excluding carboxylic acids is 1. The molecule has 0 amide bonds. The average Bonchev–Trinajstić information content (AvgIpc) is 2.63. The summed E-state index contributed by atoms with van der Waals surface area (Å²) in [5.41, 5.74) is 14.1. The van der Waals surface area contributed by atoms with Crippen molar-refractivity contribution in [2.45, 2.75) is 31.4 Å². The molecule has 0 saturated carbocycles. The van der Waals surface area contributed by atoms with Gasteiger partial charge in [-0.25, -0.2) is 14.8 Å². The summed E-state index contributed by atoms with van der Waals surface area (Å²) in [5, 5.41) is 0.664. The first-order valence-corrected chi connectivity index (χ1v) is 9.35. The van der Waals surface area contributed by atoms with Crippen LogP contribution in [-0.4, -0.2) is 30.9 Å². The van der Waals surface area contributed by atoms with E-state index in [1.54, 1.807) is 12.1 Å². The molecule has 0 aliphatic rings. The Morgan fingerprint density at radius 3 is 2.32 bits per heavy atom. The van der Waals surface area contributed by atoms with E-state index in [9.17, 15) is 4.79 Å². The third-order valence-electron chi connectivity index (χ3n) is 3.60. The number of aryl methyl sites for hydroxylation is 2. The molecular weight excluding hydrogens is 378 g/mol. The lowest BCUT2D eigenvalue weighted by Crippen LogP contribution is -2.12. The fourth-order valence-corrected chi connectivity index (χ4v) is 3.43. The third-order valence-corrected chi connectivity index (χ3v) is 4.50. The maximum atomic E-state index is 12.5. The number of nitrogens with zero attached hydrogens (tertiary/aromatic N) is 5. The van der Waals surface area contributed by atoms with Gasteiger partial charge in [-0.2, -0.15) is 15.0 Å². The van der Waals surface area contributed by atoms with E-state index in [2.05, 4.69) is 24.9 Å². The standard InChI is InChI=1S/C18H19N7O2S/c1-10-7-11(2)22-18(21-10)28-9-12-5-3-4-6-13(12)15(26)27-8-14-23-16(19)25-17(20)24-14/h3-7H,8-9H2,1-2H3,(H4,19,20,23,24,25). The van der Waals surface area contributed by atoms with Crippen LogP contribution in [0.3, 0.4) is 0 Å². The highest BCUT2D eigenvalue weighted by atomic mass is 32.2. The maximum Gasteiger partial charge on any atom is 0.338 e. The van der Waals surface area contributed by atoms with Crippen LogP contribution in [0, 0.1) is 13.8 Å². The molecule has 1 aromatic carbocycles. The van der Waals surface area contributed by atoms with Crippen LogP contribution in [-0.2, 0) is 17.1 Å². The molecule has 2 heterocycles. The van der Waals surface area contributed by atoms with Gasteiger partial charge in [0.15, 0.2) is 17.6 Å². The van der Waals surface area contributed by atoms with Crippen LogP contribution in [0.1, 0.15) is 33.1 Å². The lowest BCUT2D eigenvalue weighted by atomic mass is 10.1. The summed E-state index contributed by atoms with van der Waals surface area (Å²) in [6, 6.07) is 9.12. The summed E-state index contributed by atoms with van der Waals surface area (Å²) in [5.74, 6) is 0.177.